The van der Waals surface area contributed by atoms with Crippen LogP contribution < -0.4 is 10.1 Å². The average Bonchev–Trinajstić information content (AvgIpc) is 2.87. The Morgan fingerprint density at radius 2 is 2.24 bits per heavy atom. The summed E-state index contributed by atoms with van der Waals surface area (Å²) in [4.78, 5) is 16.2. The van der Waals surface area contributed by atoms with Gasteiger partial charge in [-0.3, -0.25) is 4.79 Å². The van der Waals surface area contributed by atoms with E-state index in [1.807, 2.05) is 12.3 Å². The molecule has 21 heavy (non-hydrogen) atoms. The van der Waals surface area contributed by atoms with Gasteiger partial charge in [-0.15, -0.1) is 11.3 Å². The number of ether oxygens (including phenoxy) is 1. The number of rotatable bonds is 6. The Morgan fingerprint density at radius 1 is 1.48 bits per heavy atom. The van der Waals surface area contributed by atoms with Crippen LogP contribution in [0.3, 0.4) is 0 Å². The number of hydrogen-bond donors (Lipinski definition) is 1. The van der Waals surface area contributed by atoms with Gasteiger partial charge in [0.05, 0.1) is 10.7 Å². The summed E-state index contributed by atoms with van der Waals surface area (Å²) >= 11 is 1.58. The molecule has 0 saturated carbocycles. The molecular formula is C15H17FN2O2S. The number of halogens is 1. The summed E-state index contributed by atoms with van der Waals surface area (Å²) in [5.41, 5.74) is 0.959. The van der Waals surface area contributed by atoms with Crippen LogP contribution in [0.25, 0.3) is 0 Å². The normalized spacial score (nSPS) is 12.0. The van der Waals surface area contributed by atoms with Crippen molar-refractivity contribution in [1.29, 1.82) is 0 Å². The molecule has 1 aromatic heterocycles. The number of carbonyl (C=O) groups is 1. The lowest BCUT2D eigenvalue weighted by Gasteiger charge is -2.14. The van der Waals surface area contributed by atoms with Crippen LogP contribution in [0.2, 0.25) is 0 Å². The number of nitrogens with one attached hydrogen (secondary N) is 1. The fraction of sp³-hybridized carbons (Fsp3) is 0.333. The first-order valence-corrected chi connectivity index (χ1v) is 7.54. The predicted octanol–water partition coefficient (Wildman–Crippen LogP) is 2.72. The third-order valence-electron chi connectivity index (χ3n) is 2.86. The van der Waals surface area contributed by atoms with Crippen molar-refractivity contribution in [3.8, 4) is 5.75 Å². The highest BCUT2D eigenvalue weighted by atomic mass is 32.1. The molecule has 0 aliphatic heterocycles. The van der Waals surface area contributed by atoms with Gasteiger partial charge in [-0.2, -0.15) is 0 Å². The van der Waals surface area contributed by atoms with Gasteiger partial charge in [-0.25, -0.2) is 9.37 Å². The number of benzene rings is 1. The second kappa shape index (κ2) is 7.17. The van der Waals surface area contributed by atoms with Crippen molar-refractivity contribution in [3.05, 3.63) is 46.2 Å². The van der Waals surface area contributed by atoms with Gasteiger partial charge in [0.15, 0.2) is 17.7 Å². The van der Waals surface area contributed by atoms with E-state index < -0.39 is 11.9 Å². The quantitative estimate of drug-likeness (QED) is 0.892. The number of aromatic nitrogens is 1. The number of carbonyl (C=O) groups excluding carboxylic acids is 1. The molecule has 1 unspecified atom stereocenters. The van der Waals surface area contributed by atoms with Crippen LogP contribution >= 0.6 is 11.3 Å². The zero-order valence-electron chi connectivity index (χ0n) is 11.9. The first-order chi connectivity index (χ1) is 10.1. The Morgan fingerprint density at radius 3 is 2.90 bits per heavy atom. The van der Waals surface area contributed by atoms with Gasteiger partial charge >= 0.3 is 0 Å². The van der Waals surface area contributed by atoms with Crippen molar-refractivity contribution in [2.75, 3.05) is 6.54 Å². The van der Waals surface area contributed by atoms with Crippen molar-refractivity contribution >= 4 is 17.2 Å². The van der Waals surface area contributed by atoms with Crippen LogP contribution in [-0.4, -0.2) is 23.5 Å². The highest BCUT2D eigenvalue weighted by Crippen LogP contribution is 2.17. The molecular weight excluding hydrogens is 291 g/mol. The van der Waals surface area contributed by atoms with Gasteiger partial charge in [0.1, 0.15) is 0 Å². The minimum Gasteiger partial charge on any atom is -0.478 e. The van der Waals surface area contributed by atoms with E-state index in [-0.39, 0.29) is 11.7 Å². The Hall–Kier alpha value is -1.95. The smallest absolute Gasteiger partial charge is 0.260 e. The first kappa shape index (κ1) is 15.4. The third kappa shape index (κ3) is 4.53. The second-order valence-corrected chi connectivity index (χ2v) is 5.65. The predicted molar refractivity (Wildman–Crippen MR) is 80.1 cm³/mol. The summed E-state index contributed by atoms with van der Waals surface area (Å²) < 4.78 is 18.7. The summed E-state index contributed by atoms with van der Waals surface area (Å²) in [5, 5.41) is 5.74. The number of thiazole rings is 1. The molecule has 0 bridgehead atoms. The van der Waals surface area contributed by atoms with E-state index in [1.54, 1.807) is 30.4 Å². The third-order valence-corrected chi connectivity index (χ3v) is 3.68. The standard InChI is InChI=1S/C15H17FN2O2S/c1-10(20-14-6-4-3-5-13(14)16)15(19)17-8-7-12-9-21-11(2)18-12/h3-6,9-10H,7-8H2,1-2H3,(H,17,19). The van der Waals surface area contributed by atoms with Gasteiger partial charge in [0.25, 0.3) is 5.91 Å². The first-order valence-electron chi connectivity index (χ1n) is 6.66. The molecule has 2 aromatic rings. The lowest BCUT2D eigenvalue weighted by atomic mass is 10.3. The molecule has 1 amide bonds. The van der Waals surface area contributed by atoms with E-state index in [2.05, 4.69) is 10.3 Å². The van der Waals surface area contributed by atoms with Gasteiger partial charge < -0.3 is 10.1 Å². The topological polar surface area (TPSA) is 51.2 Å². The molecule has 4 nitrogen and oxygen atoms in total. The van der Waals surface area contributed by atoms with Crippen molar-refractivity contribution in [2.45, 2.75) is 26.4 Å². The molecule has 0 radical (unpaired) electrons. The molecule has 6 heteroatoms. The summed E-state index contributed by atoms with van der Waals surface area (Å²) in [7, 11) is 0. The number of para-hydroxylation sites is 1. The van der Waals surface area contributed by atoms with Crippen molar-refractivity contribution in [1.82, 2.24) is 10.3 Å². The maximum absolute atomic E-state index is 13.4. The van der Waals surface area contributed by atoms with Crippen molar-refractivity contribution in [2.24, 2.45) is 0 Å². The fourth-order valence-corrected chi connectivity index (χ4v) is 2.41. The molecule has 1 aromatic carbocycles. The van der Waals surface area contributed by atoms with Gasteiger partial charge in [-0.05, 0) is 26.0 Å². The van der Waals surface area contributed by atoms with Crippen molar-refractivity contribution in [3.63, 3.8) is 0 Å². The summed E-state index contributed by atoms with van der Waals surface area (Å²) in [5.74, 6) is -0.671. The molecule has 0 aliphatic rings. The Balaban J connectivity index is 1.79. The number of nitrogens with zero attached hydrogens (tertiary/aromatic N) is 1. The van der Waals surface area contributed by atoms with E-state index in [1.165, 1.54) is 12.1 Å². The van der Waals surface area contributed by atoms with Gasteiger partial charge in [0, 0.05) is 18.3 Å². The van der Waals surface area contributed by atoms with Crippen LogP contribution in [0.5, 0.6) is 5.75 Å². The maximum atomic E-state index is 13.4. The monoisotopic (exact) mass is 308 g/mol. The Labute approximate surface area is 127 Å². The number of aryl methyl sites for hydroxylation is 1. The summed E-state index contributed by atoms with van der Waals surface area (Å²) in [6.45, 7) is 4.01. The Bertz CT molecular complexity index is 615. The van der Waals surface area contributed by atoms with Crippen LogP contribution in [0, 0.1) is 12.7 Å². The zero-order chi connectivity index (χ0) is 15.2. The SMILES string of the molecule is Cc1nc(CCNC(=O)C(C)Oc2ccccc2F)cs1. The zero-order valence-corrected chi connectivity index (χ0v) is 12.7. The highest BCUT2D eigenvalue weighted by Gasteiger charge is 2.15. The van der Waals surface area contributed by atoms with Gasteiger partial charge in [0.2, 0.25) is 0 Å². The average molecular weight is 308 g/mol. The van der Waals surface area contributed by atoms with E-state index in [0.29, 0.717) is 13.0 Å². The molecule has 0 aliphatic carbocycles. The molecule has 112 valence electrons. The van der Waals surface area contributed by atoms with Crippen LogP contribution in [-0.2, 0) is 11.2 Å². The van der Waals surface area contributed by atoms with Crippen LogP contribution in [0.4, 0.5) is 4.39 Å². The minimum atomic E-state index is -0.751. The summed E-state index contributed by atoms with van der Waals surface area (Å²) in [6, 6.07) is 6.03. The molecule has 1 N–H and O–H groups in total. The van der Waals surface area contributed by atoms with Crippen molar-refractivity contribution < 1.29 is 13.9 Å². The minimum absolute atomic E-state index is 0.0790. The summed E-state index contributed by atoms with van der Waals surface area (Å²) in [6.07, 6.45) is -0.0817. The molecule has 1 atom stereocenters. The molecule has 0 saturated heterocycles. The highest BCUT2D eigenvalue weighted by molar-refractivity contribution is 7.09. The van der Waals surface area contributed by atoms with Crippen LogP contribution in [0.15, 0.2) is 29.6 Å². The molecule has 2 rings (SSSR count). The molecule has 1 heterocycles. The number of hydrogen-bond acceptors (Lipinski definition) is 4. The van der Waals surface area contributed by atoms with E-state index in [9.17, 15) is 9.18 Å². The Kier molecular flexibility index (Phi) is 5.27. The van der Waals surface area contributed by atoms with Gasteiger partial charge in [-0.1, -0.05) is 12.1 Å². The second-order valence-electron chi connectivity index (χ2n) is 4.59. The fourth-order valence-electron chi connectivity index (χ4n) is 1.76. The van der Waals surface area contributed by atoms with E-state index in [4.69, 9.17) is 4.74 Å². The lowest BCUT2D eigenvalue weighted by Crippen LogP contribution is -2.37. The molecule has 0 fully saturated rings. The van der Waals surface area contributed by atoms with E-state index >= 15 is 0 Å². The lowest BCUT2D eigenvalue weighted by molar-refractivity contribution is -0.127. The maximum Gasteiger partial charge on any atom is 0.260 e. The van der Waals surface area contributed by atoms with Crippen LogP contribution in [0.1, 0.15) is 17.6 Å². The molecule has 0 spiro atoms. The largest absolute Gasteiger partial charge is 0.478 e. The number of amides is 1. The van der Waals surface area contributed by atoms with E-state index in [0.717, 1.165) is 10.7 Å².